The van der Waals surface area contributed by atoms with Crippen molar-refractivity contribution in [2.45, 2.75) is 167 Å². The predicted octanol–water partition coefficient (Wildman–Crippen LogP) is 8.77. The van der Waals surface area contributed by atoms with Crippen LogP contribution in [-0.4, -0.2) is 87.4 Å². The van der Waals surface area contributed by atoms with Gasteiger partial charge in [-0.2, -0.15) is 0 Å². The highest BCUT2D eigenvalue weighted by atomic mass is 16.7. The summed E-state index contributed by atoms with van der Waals surface area (Å²) in [5.41, 5.74) is 0. The molecule has 0 saturated heterocycles. The van der Waals surface area contributed by atoms with Gasteiger partial charge in [0.1, 0.15) is 13.2 Å². The number of hydrogen-bond donors (Lipinski definition) is 1. The van der Waals surface area contributed by atoms with E-state index in [1.807, 2.05) is 21.1 Å². The summed E-state index contributed by atoms with van der Waals surface area (Å²) in [6, 6.07) is 0. The van der Waals surface area contributed by atoms with Crippen molar-refractivity contribution in [3.05, 3.63) is 12.2 Å². The molecule has 0 aliphatic rings. The molecule has 0 spiro atoms. The van der Waals surface area contributed by atoms with E-state index in [9.17, 15) is 19.5 Å². The Morgan fingerprint density at radius 2 is 1.09 bits per heavy atom. The Kier molecular flexibility index (Phi) is 30.0. The highest BCUT2D eigenvalue weighted by Gasteiger charge is 2.25. The Morgan fingerprint density at radius 3 is 1.62 bits per heavy atom. The Balaban J connectivity index is 4.57. The van der Waals surface area contributed by atoms with Gasteiger partial charge in [-0.15, -0.1) is 0 Å². The highest BCUT2D eigenvalue weighted by molar-refractivity contribution is 5.71. The second kappa shape index (κ2) is 31.3. The lowest BCUT2D eigenvalue weighted by Gasteiger charge is -2.25. The van der Waals surface area contributed by atoms with Gasteiger partial charge in [0.05, 0.1) is 34.4 Å². The molecule has 0 aromatic heterocycles. The summed E-state index contributed by atoms with van der Waals surface area (Å²) < 4.78 is 22.6. The molecule has 0 aromatic carbocycles. The minimum atomic E-state index is -1.50. The van der Waals surface area contributed by atoms with Crippen LogP contribution in [0.2, 0.25) is 0 Å². The van der Waals surface area contributed by atoms with Crippen molar-refractivity contribution in [2.24, 2.45) is 0 Å². The van der Waals surface area contributed by atoms with Crippen molar-refractivity contribution >= 4 is 17.9 Å². The zero-order chi connectivity index (χ0) is 35.0. The Morgan fingerprint density at radius 1 is 0.617 bits per heavy atom. The number of allylic oxidation sites excluding steroid dienone is 2. The second-order valence-corrected chi connectivity index (χ2v) is 13.9. The number of carbonyl (C=O) groups excluding carboxylic acids is 2. The molecule has 0 bridgehead atoms. The van der Waals surface area contributed by atoms with E-state index in [1.54, 1.807) is 0 Å². The number of quaternary nitrogens is 1. The molecule has 2 unspecified atom stereocenters. The predicted molar refractivity (Wildman–Crippen MR) is 189 cm³/mol. The van der Waals surface area contributed by atoms with Crippen molar-refractivity contribution in [3.8, 4) is 0 Å². The zero-order valence-electron chi connectivity index (χ0n) is 30.9. The fourth-order valence-corrected chi connectivity index (χ4v) is 5.00. The third-order valence-corrected chi connectivity index (χ3v) is 8.02. The Hall–Kier alpha value is -1.97. The third-order valence-electron chi connectivity index (χ3n) is 8.02. The number of esters is 2. The highest BCUT2D eigenvalue weighted by Crippen LogP contribution is 2.13. The van der Waals surface area contributed by atoms with Crippen LogP contribution in [-0.2, 0) is 33.3 Å². The van der Waals surface area contributed by atoms with Gasteiger partial charge in [0, 0.05) is 12.8 Å². The van der Waals surface area contributed by atoms with Crippen molar-refractivity contribution in [3.63, 3.8) is 0 Å². The molecule has 0 aliphatic heterocycles. The van der Waals surface area contributed by atoms with E-state index in [0.717, 1.165) is 51.4 Å². The molecule has 9 nitrogen and oxygen atoms in total. The van der Waals surface area contributed by atoms with Crippen LogP contribution in [0.4, 0.5) is 0 Å². The molecule has 0 aromatic rings. The number of likely N-dealkylation sites (N-methyl/N-ethyl adjacent to an activating group) is 1. The monoisotopic (exact) mass is 671 g/mol. The molecule has 276 valence electrons. The van der Waals surface area contributed by atoms with E-state index >= 15 is 0 Å². The lowest BCUT2D eigenvalue weighted by atomic mass is 10.1. The number of rotatable bonds is 34. The van der Waals surface area contributed by atoms with Gasteiger partial charge in [0.15, 0.2) is 6.10 Å². The van der Waals surface area contributed by atoms with Gasteiger partial charge in [-0.05, 0) is 38.5 Å². The number of nitrogens with zero attached hydrogens (tertiary/aromatic N) is 1. The first kappa shape index (κ1) is 45.0. The molecule has 0 fully saturated rings. The number of ether oxygens (including phenoxy) is 4. The molecule has 0 saturated carbocycles. The molecule has 0 amide bonds. The van der Waals surface area contributed by atoms with Crippen LogP contribution in [0, 0.1) is 0 Å². The zero-order valence-corrected chi connectivity index (χ0v) is 30.9. The van der Waals surface area contributed by atoms with Crippen LogP contribution < -0.4 is 0 Å². The maximum absolute atomic E-state index is 12.6. The van der Waals surface area contributed by atoms with Crippen molar-refractivity contribution in [1.29, 1.82) is 0 Å². The molecule has 0 aliphatic carbocycles. The molecule has 0 rings (SSSR count). The van der Waals surface area contributed by atoms with Gasteiger partial charge in [0.2, 0.25) is 0 Å². The van der Waals surface area contributed by atoms with E-state index in [-0.39, 0.29) is 32.2 Å². The minimum absolute atomic E-state index is 0.181. The van der Waals surface area contributed by atoms with Crippen LogP contribution in [0.3, 0.4) is 0 Å². The van der Waals surface area contributed by atoms with Gasteiger partial charge < -0.3 is 28.5 Å². The summed E-state index contributed by atoms with van der Waals surface area (Å²) in [5.74, 6) is -2.02. The Bertz CT molecular complexity index is 795. The number of aliphatic carboxylic acids is 1. The van der Waals surface area contributed by atoms with Crippen molar-refractivity contribution in [1.82, 2.24) is 0 Å². The smallest absolute Gasteiger partial charge is 0.361 e. The minimum Gasteiger partial charge on any atom is -0.477 e. The van der Waals surface area contributed by atoms with E-state index < -0.39 is 24.3 Å². The topological polar surface area (TPSA) is 108 Å². The molecule has 47 heavy (non-hydrogen) atoms. The molecule has 9 heteroatoms. The van der Waals surface area contributed by atoms with Crippen molar-refractivity contribution < 1.29 is 42.9 Å². The van der Waals surface area contributed by atoms with E-state index in [2.05, 4.69) is 26.0 Å². The van der Waals surface area contributed by atoms with Gasteiger partial charge in [-0.1, -0.05) is 116 Å². The van der Waals surface area contributed by atoms with Crippen LogP contribution >= 0.6 is 0 Å². The Labute approximate surface area is 287 Å². The van der Waals surface area contributed by atoms with Gasteiger partial charge >= 0.3 is 17.9 Å². The maximum Gasteiger partial charge on any atom is 0.361 e. The molecular formula is C38H72NO8+. The SMILES string of the molecule is CCCCC/C=C\CCCCCCCC(=O)OC(COC(=O)CCCCCCCCCCCC)COC(OCC[N+](C)(C)C)C(=O)O. The fraction of sp³-hybridized carbons (Fsp3) is 0.868. The molecule has 1 N–H and O–H groups in total. The third kappa shape index (κ3) is 32.4. The van der Waals surface area contributed by atoms with E-state index in [1.165, 1.54) is 70.6 Å². The number of carboxylic acids is 1. The largest absolute Gasteiger partial charge is 0.477 e. The first-order valence-electron chi connectivity index (χ1n) is 18.9. The first-order valence-corrected chi connectivity index (χ1v) is 18.9. The summed E-state index contributed by atoms with van der Waals surface area (Å²) in [4.78, 5) is 36.8. The van der Waals surface area contributed by atoms with Crippen LogP contribution in [0.1, 0.15) is 155 Å². The lowest BCUT2D eigenvalue weighted by Crippen LogP contribution is -2.40. The molecule has 0 heterocycles. The van der Waals surface area contributed by atoms with Gasteiger partial charge in [-0.3, -0.25) is 9.59 Å². The van der Waals surface area contributed by atoms with Crippen LogP contribution in [0.25, 0.3) is 0 Å². The quantitative estimate of drug-likeness (QED) is 0.0238. The van der Waals surface area contributed by atoms with Gasteiger partial charge in [0.25, 0.3) is 6.29 Å². The fourth-order valence-electron chi connectivity index (χ4n) is 5.00. The number of unbranched alkanes of at least 4 members (excludes halogenated alkanes) is 17. The maximum atomic E-state index is 12.6. The van der Waals surface area contributed by atoms with Gasteiger partial charge in [-0.25, -0.2) is 4.79 Å². The van der Waals surface area contributed by atoms with E-state index in [4.69, 9.17) is 18.9 Å². The normalized spacial score (nSPS) is 13.1. The van der Waals surface area contributed by atoms with Crippen LogP contribution in [0.15, 0.2) is 12.2 Å². The number of hydrogen-bond acceptors (Lipinski definition) is 7. The first-order chi connectivity index (χ1) is 22.6. The summed E-state index contributed by atoms with van der Waals surface area (Å²) >= 11 is 0. The summed E-state index contributed by atoms with van der Waals surface area (Å²) in [6.45, 7) is 4.80. The second-order valence-electron chi connectivity index (χ2n) is 13.9. The number of carbonyl (C=O) groups is 3. The summed E-state index contributed by atoms with van der Waals surface area (Å²) in [5, 5.41) is 9.56. The van der Waals surface area contributed by atoms with Crippen molar-refractivity contribution in [2.75, 3.05) is 47.5 Å². The summed E-state index contributed by atoms with van der Waals surface area (Å²) in [6.07, 6.45) is 25.5. The van der Waals surface area contributed by atoms with E-state index in [0.29, 0.717) is 23.9 Å². The standard InChI is InChI=1S/C38H71NO8/c1-6-8-10-12-14-16-18-19-21-23-25-27-29-36(41)47-34(33-46-38(37(42)43)44-31-30-39(3,4)5)32-45-35(40)28-26-24-22-20-17-15-13-11-9-7-2/h14,16,34,38H,6-13,15,17-33H2,1-5H3/p+1/b16-14-. The average molecular weight is 671 g/mol. The number of carboxylic acid groups (broad SMARTS) is 1. The molecule has 2 atom stereocenters. The van der Waals surface area contributed by atoms with Crippen LogP contribution in [0.5, 0.6) is 0 Å². The molecule has 0 radical (unpaired) electrons. The summed E-state index contributed by atoms with van der Waals surface area (Å²) in [7, 11) is 5.94. The lowest BCUT2D eigenvalue weighted by molar-refractivity contribution is -0.870. The molecular weight excluding hydrogens is 598 g/mol. The average Bonchev–Trinajstić information content (AvgIpc) is 3.02.